The number of fused-ring (bicyclic) bond motifs is 4. The third kappa shape index (κ3) is 3.54. The Balaban J connectivity index is 1.38. The van der Waals surface area contributed by atoms with Crippen LogP contribution < -0.4 is 4.74 Å². The van der Waals surface area contributed by atoms with Crippen molar-refractivity contribution in [3.8, 4) is 5.75 Å². The van der Waals surface area contributed by atoms with E-state index >= 15 is 0 Å². The quantitative estimate of drug-likeness (QED) is 0.580. The predicted molar refractivity (Wildman–Crippen MR) is 132 cm³/mol. The van der Waals surface area contributed by atoms with Crippen molar-refractivity contribution < 1.29 is 14.6 Å². The SMILES string of the molecule is COc1ccc2c3c([nH]c2c1)[C@H](CO)N(Cc1nccs1)CC31CN(C(=O)C2CCCCC2)C1. The molecule has 2 fully saturated rings. The van der Waals surface area contributed by atoms with E-state index in [9.17, 15) is 9.90 Å². The summed E-state index contributed by atoms with van der Waals surface area (Å²) < 4.78 is 5.47. The van der Waals surface area contributed by atoms with E-state index in [1.165, 1.54) is 30.2 Å². The van der Waals surface area contributed by atoms with Gasteiger partial charge < -0.3 is 19.7 Å². The zero-order valence-electron chi connectivity index (χ0n) is 19.6. The van der Waals surface area contributed by atoms with Gasteiger partial charge in [0, 0.05) is 65.2 Å². The number of carbonyl (C=O) groups is 1. The van der Waals surface area contributed by atoms with Crippen LogP contribution in [-0.4, -0.2) is 64.1 Å². The summed E-state index contributed by atoms with van der Waals surface area (Å²) in [6, 6.07) is 6.03. The molecule has 1 spiro atoms. The van der Waals surface area contributed by atoms with E-state index in [0.29, 0.717) is 12.5 Å². The lowest BCUT2D eigenvalue weighted by molar-refractivity contribution is -0.146. The number of ether oxygens (including phenoxy) is 1. The van der Waals surface area contributed by atoms with Gasteiger partial charge in [0.15, 0.2) is 0 Å². The van der Waals surface area contributed by atoms with Gasteiger partial charge in [0.25, 0.3) is 0 Å². The summed E-state index contributed by atoms with van der Waals surface area (Å²) in [5, 5.41) is 14.7. The molecule has 0 radical (unpaired) electrons. The minimum Gasteiger partial charge on any atom is -0.497 e. The van der Waals surface area contributed by atoms with E-state index in [-0.39, 0.29) is 24.0 Å². The lowest BCUT2D eigenvalue weighted by Gasteiger charge is -2.56. The van der Waals surface area contributed by atoms with Gasteiger partial charge in [-0.05, 0) is 30.5 Å². The molecule has 0 unspecified atom stereocenters. The fourth-order valence-corrected chi connectivity index (χ4v) is 7.13. The molecule has 1 saturated carbocycles. The smallest absolute Gasteiger partial charge is 0.225 e. The Hall–Kier alpha value is -2.42. The first-order valence-electron chi connectivity index (χ1n) is 12.3. The maximum Gasteiger partial charge on any atom is 0.225 e. The molecule has 2 N–H and O–H groups in total. The molecule has 6 rings (SSSR count). The Morgan fingerprint density at radius 3 is 2.79 bits per heavy atom. The monoisotopic (exact) mass is 480 g/mol. The van der Waals surface area contributed by atoms with Crippen LogP contribution in [0.4, 0.5) is 0 Å². The molecular formula is C26H32N4O3S. The van der Waals surface area contributed by atoms with Gasteiger partial charge in [-0.3, -0.25) is 9.69 Å². The standard InChI is InChI=1S/C26H32N4O3S/c1-33-18-7-8-19-20(11-18)28-24-21(13-31)29(12-22-27-9-10-34-22)14-26(23(19)24)15-30(16-26)25(32)17-5-3-2-4-6-17/h7-11,17,21,28,31H,2-6,12-16H2,1H3/t21-/m0/s1. The third-order valence-electron chi connectivity index (χ3n) is 8.09. The highest BCUT2D eigenvalue weighted by atomic mass is 32.1. The van der Waals surface area contributed by atoms with E-state index in [1.807, 2.05) is 23.7 Å². The Morgan fingerprint density at radius 2 is 2.09 bits per heavy atom. The van der Waals surface area contributed by atoms with E-state index in [1.54, 1.807) is 18.4 Å². The van der Waals surface area contributed by atoms with E-state index < -0.39 is 0 Å². The Labute approximate surface area is 203 Å². The summed E-state index contributed by atoms with van der Waals surface area (Å²) in [4.78, 5) is 25.9. The maximum absolute atomic E-state index is 13.3. The van der Waals surface area contributed by atoms with Crippen LogP contribution in [0.5, 0.6) is 5.75 Å². The van der Waals surface area contributed by atoms with Crippen molar-refractivity contribution in [1.29, 1.82) is 0 Å². The van der Waals surface area contributed by atoms with E-state index in [0.717, 1.165) is 54.4 Å². The number of methoxy groups -OCH3 is 1. The first-order chi connectivity index (χ1) is 16.6. The number of amides is 1. The van der Waals surface area contributed by atoms with Gasteiger partial charge in [0.2, 0.25) is 5.91 Å². The molecule has 1 aromatic carbocycles. The minimum atomic E-state index is -0.143. The average Bonchev–Trinajstić information content (AvgIpc) is 3.49. The second-order valence-electron chi connectivity index (χ2n) is 10.2. The Kier molecular flexibility index (Phi) is 5.62. The van der Waals surface area contributed by atoms with Crippen molar-refractivity contribution in [2.45, 2.75) is 50.1 Å². The first kappa shape index (κ1) is 22.1. The molecule has 1 aliphatic carbocycles. The molecule has 3 aliphatic rings. The normalized spacial score (nSPS) is 22.6. The summed E-state index contributed by atoms with van der Waals surface area (Å²) in [7, 11) is 1.68. The number of aromatic nitrogens is 2. The first-order valence-corrected chi connectivity index (χ1v) is 13.2. The molecule has 1 amide bonds. The van der Waals surface area contributed by atoms with Crippen LogP contribution in [0.2, 0.25) is 0 Å². The van der Waals surface area contributed by atoms with Crippen molar-refractivity contribution >= 4 is 28.1 Å². The lowest BCUT2D eigenvalue weighted by Crippen LogP contribution is -2.68. The lowest BCUT2D eigenvalue weighted by atomic mass is 9.68. The Morgan fingerprint density at radius 1 is 1.26 bits per heavy atom. The number of nitrogens with one attached hydrogen (secondary N) is 1. The fourth-order valence-electron chi connectivity index (χ4n) is 6.49. The number of aliphatic hydroxyl groups excluding tert-OH is 1. The van der Waals surface area contributed by atoms with Gasteiger partial charge in [-0.1, -0.05) is 19.3 Å². The maximum atomic E-state index is 13.3. The topological polar surface area (TPSA) is 81.7 Å². The molecule has 3 aromatic rings. The third-order valence-corrected chi connectivity index (χ3v) is 8.86. The largest absolute Gasteiger partial charge is 0.497 e. The van der Waals surface area contributed by atoms with E-state index in [4.69, 9.17) is 4.74 Å². The van der Waals surface area contributed by atoms with Crippen LogP contribution in [0.1, 0.15) is 54.4 Å². The highest BCUT2D eigenvalue weighted by Gasteiger charge is 2.54. The number of rotatable bonds is 5. The number of hydrogen-bond donors (Lipinski definition) is 2. The zero-order valence-corrected chi connectivity index (χ0v) is 20.4. The van der Waals surface area contributed by atoms with Gasteiger partial charge in [-0.25, -0.2) is 4.98 Å². The zero-order chi connectivity index (χ0) is 23.3. The molecule has 7 nitrogen and oxygen atoms in total. The number of carbonyl (C=O) groups excluding carboxylic acids is 1. The van der Waals surface area contributed by atoms with E-state index in [2.05, 4.69) is 25.8 Å². The van der Waals surface area contributed by atoms with Crippen LogP contribution in [0.3, 0.4) is 0 Å². The summed E-state index contributed by atoms with van der Waals surface area (Å²) >= 11 is 1.64. The second kappa shape index (κ2) is 8.66. The number of aliphatic hydroxyl groups is 1. The number of aromatic amines is 1. The molecule has 1 atom stereocenters. The molecule has 0 bridgehead atoms. The summed E-state index contributed by atoms with van der Waals surface area (Å²) in [6.45, 7) is 3.00. The number of benzene rings is 1. The molecule has 2 aromatic heterocycles. The van der Waals surface area contributed by atoms with Crippen LogP contribution in [0.25, 0.3) is 10.9 Å². The van der Waals surface area contributed by atoms with Crippen molar-refractivity contribution in [1.82, 2.24) is 19.8 Å². The van der Waals surface area contributed by atoms with Crippen molar-refractivity contribution in [2.24, 2.45) is 5.92 Å². The second-order valence-corrected chi connectivity index (χ2v) is 11.1. The van der Waals surface area contributed by atoms with Crippen LogP contribution in [-0.2, 0) is 16.8 Å². The predicted octanol–water partition coefficient (Wildman–Crippen LogP) is 3.84. The summed E-state index contributed by atoms with van der Waals surface area (Å²) in [5.41, 5.74) is 3.22. The van der Waals surface area contributed by atoms with Gasteiger partial charge >= 0.3 is 0 Å². The fraction of sp³-hybridized carbons (Fsp3) is 0.538. The number of thiazole rings is 1. The molecule has 2 aliphatic heterocycles. The average molecular weight is 481 g/mol. The van der Waals surface area contributed by atoms with Crippen LogP contribution in [0.15, 0.2) is 29.8 Å². The number of nitrogens with zero attached hydrogens (tertiary/aromatic N) is 3. The van der Waals surface area contributed by atoms with Crippen molar-refractivity contribution in [2.75, 3.05) is 33.4 Å². The highest BCUT2D eigenvalue weighted by molar-refractivity contribution is 7.09. The minimum absolute atomic E-state index is 0.0309. The highest BCUT2D eigenvalue weighted by Crippen LogP contribution is 2.49. The van der Waals surface area contributed by atoms with Gasteiger partial charge in [-0.2, -0.15) is 0 Å². The van der Waals surface area contributed by atoms with Crippen LogP contribution >= 0.6 is 11.3 Å². The number of likely N-dealkylation sites (tertiary alicyclic amines) is 1. The Bertz CT molecular complexity index is 1180. The van der Waals surface area contributed by atoms with Gasteiger partial charge in [-0.15, -0.1) is 11.3 Å². The molecular weight excluding hydrogens is 448 g/mol. The molecule has 8 heteroatoms. The van der Waals surface area contributed by atoms with Crippen molar-refractivity contribution in [3.63, 3.8) is 0 Å². The van der Waals surface area contributed by atoms with Gasteiger partial charge in [0.1, 0.15) is 10.8 Å². The molecule has 34 heavy (non-hydrogen) atoms. The summed E-state index contributed by atoms with van der Waals surface area (Å²) in [6.07, 6.45) is 7.49. The molecule has 1 saturated heterocycles. The summed E-state index contributed by atoms with van der Waals surface area (Å²) in [5.74, 6) is 1.34. The van der Waals surface area contributed by atoms with Crippen molar-refractivity contribution in [3.05, 3.63) is 46.0 Å². The van der Waals surface area contributed by atoms with Crippen LogP contribution in [0, 0.1) is 5.92 Å². The molecule has 4 heterocycles. The van der Waals surface area contributed by atoms with Gasteiger partial charge in [0.05, 0.1) is 26.3 Å². The number of H-pyrrole nitrogens is 1. The molecule has 180 valence electrons. The number of hydrogen-bond acceptors (Lipinski definition) is 6.